The Balaban J connectivity index is 0.00000150. The zero-order valence-electron chi connectivity index (χ0n) is 17.1. The summed E-state index contributed by atoms with van der Waals surface area (Å²) in [7, 11) is 1.68. The summed E-state index contributed by atoms with van der Waals surface area (Å²) in [5, 5.41) is 3.52. The van der Waals surface area contributed by atoms with Crippen molar-refractivity contribution in [2.24, 2.45) is 5.41 Å². The van der Waals surface area contributed by atoms with Crippen LogP contribution in [0.5, 0.6) is 5.75 Å². The van der Waals surface area contributed by atoms with Crippen LogP contribution in [0.1, 0.15) is 37.7 Å². The lowest BCUT2D eigenvalue weighted by atomic mass is 9.73. The van der Waals surface area contributed by atoms with Gasteiger partial charge in [0.15, 0.2) is 5.82 Å². The van der Waals surface area contributed by atoms with Crippen LogP contribution in [0.2, 0.25) is 0 Å². The first-order valence-corrected chi connectivity index (χ1v) is 10.2. The molecule has 5 nitrogen and oxygen atoms in total. The van der Waals surface area contributed by atoms with Gasteiger partial charge in [0.25, 0.3) is 0 Å². The Morgan fingerprint density at radius 1 is 1.00 bits per heavy atom. The lowest BCUT2D eigenvalue weighted by Gasteiger charge is -2.37. The van der Waals surface area contributed by atoms with Crippen LogP contribution < -0.4 is 10.1 Å². The van der Waals surface area contributed by atoms with E-state index in [9.17, 15) is 0 Å². The van der Waals surface area contributed by atoms with Crippen LogP contribution in [0.3, 0.4) is 0 Å². The second-order valence-corrected chi connectivity index (χ2v) is 7.99. The molecule has 1 aromatic carbocycles. The molecule has 0 saturated carbocycles. The van der Waals surface area contributed by atoms with E-state index < -0.39 is 0 Å². The minimum atomic E-state index is 0. The van der Waals surface area contributed by atoms with Crippen molar-refractivity contribution in [3.05, 3.63) is 42.2 Å². The molecule has 2 aliphatic heterocycles. The van der Waals surface area contributed by atoms with E-state index in [1.54, 1.807) is 7.11 Å². The number of nitrogens with one attached hydrogen (secondary N) is 1. The van der Waals surface area contributed by atoms with Gasteiger partial charge in [-0.15, -0.1) is 24.8 Å². The molecule has 2 aromatic rings. The SMILES string of the molecule is COc1ccccc1-c1ncc(CN2CCCC3(CCNCC3)CC2)cn1.Cl.Cl. The van der Waals surface area contributed by atoms with Crippen LogP contribution >= 0.6 is 24.8 Å². The third-order valence-corrected chi connectivity index (χ3v) is 6.26. The number of aromatic nitrogens is 2. The number of benzene rings is 1. The van der Waals surface area contributed by atoms with Crippen LogP contribution in [0.25, 0.3) is 11.4 Å². The van der Waals surface area contributed by atoms with E-state index >= 15 is 0 Å². The fraction of sp³-hybridized carbons (Fsp3) is 0.545. The molecule has 29 heavy (non-hydrogen) atoms. The fourth-order valence-electron chi connectivity index (χ4n) is 4.59. The highest BCUT2D eigenvalue weighted by Gasteiger charge is 2.33. The number of rotatable bonds is 4. The van der Waals surface area contributed by atoms with Crippen molar-refractivity contribution in [2.75, 3.05) is 33.3 Å². The molecule has 1 N–H and O–H groups in total. The summed E-state index contributed by atoms with van der Waals surface area (Å²) in [6.45, 7) is 5.70. The number of methoxy groups -OCH3 is 1. The van der Waals surface area contributed by atoms with E-state index in [4.69, 9.17) is 4.74 Å². The van der Waals surface area contributed by atoms with Crippen LogP contribution in [-0.4, -0.2) is 48.2 Å². The van der Waals surface area contributed by atoms with Crippen molar-refractivity contribution in [3.8, 4) is 17.1 Å². The van der Waals surface area contributed by atoms with E-state index in [0.717, 1.165) is 23.7 Å². The summed E-state index contributed by atoms with van der Waals surface area (Å²) in [5.41, 5.74) is 2.72. The summed E-state index contributed by atoms with van der Waals surface area (Å²) in [5.74, 6) is 1.53. The Labute approximate surface area is 186 Å². The molecule has 0 atom stereocenters. The molecule has 160 valence electrons. The molecule has 2 aliphatic rings. The van der Waals surface area contributed by atoms with Crippen molar-refractivity contribution in [2.45, 2.75) is 38.6 Å². The van der Waals surface area contributed by atoms with Crippen molar-refractivity contribution >= 4 is 24.8 Å². The quantitative estimate of drug-likeness (QED) is 0.768. The third-order valence-electron chi connectivity index (χ3n) is 6.26. The van der Waals surface area contributed by atoms with Gasteiger partial charge in [0.1, 0.15) is 5.75 Å². The molecule has 0 unspecified atom stereocenters. The number of hydrogen-bond donors (Lipinski definition) is 1. The third kappa shape index (κ3) is 5.82. The Kier molecular flexibility index (Phi) is 9.15. The van der Waals surface area contributed by atoms with Crippen molar-refractivity contribution in [1.29, 1.82) is 0 Å². The Morgan fingerprint density at radius 3 is 2.45 bits per heavy atom. The number of likely N-dealkylation sites (tertiary alicyclic amines) is 1. The van der Waals surface area contributed by atoms with Crippen molar-refractivity contribution < 1.29 is 4.74 Å². The maximum absolute atomic E-state index is 5.43. The maximum atomic E-state index is 5.43. The van der Waals surface area contributed by atoms with Gasteiger partial charge in [-0.3, -0.25) is 4.90 Å². The number of ether oxygens (including phenoxy) is 1. The monoisotopic (exact) mass is 438 g/mol. The highest BCUT2D eigenvalue weighted by Crippen LogP contribution is 2.39. The van der Waals surface area contributed by atoms with E-state index in [1.165, 1.54) is 63.8 Å². The number of hydrogen-bond acceptors (Lipinski definition) is 5. The second kappa shape index (κ2) is 11.1. The number of nitrogens with zero attached hydrogens (tertiary/aromatic N) is 3. The van der Waals surface area contributed by atoms with Crippen molar-refractivity contribution in [3.63, 3.8) is 0 Å². The Hall–Kier alpha value is -1.40. The summed E-state index contributed by atoms with van der Waals surface area (Å²) >= 11 is 0. The number of para-hydroxylation sites is 1. The maximum Gasteiger partial charge on any atom is 0.162 e. The topological polar surface area (TPSA) is 50.3 Å². The highest BCUT2D eigenvalue weighted by atomic mass is 35.5. The lowest BCUT2D eigenvalue weighted by molar-refractivity contribution is 0.167. The minimum Gasteiger partial charge on any atom is -0.496 e. The molecule has 1 spiro atoms. The van der Waals surface area contributed by atoms with Gasteiger partial charge in [-0.05, 0) is 75.8 Å². The van der Waals surface area contributed by atoms with E-state index in [1.807, 2.05) is 36.7 Å². The molecule has 0 amide bonds. The molecule has 2 fully saturated rings. The summed E-state index contributed by atoms with van der Waals surface area (Å²) in [6, 6.07) is 7.90. The van der Waals surface area contributed by atoms with E-state index in [2.05, 4.69) is 20.2 Å². The van der Waals surface area contributed by atoms with Crippen LogP contribution in [-0.2, 0) is 6.54 Å². The zero-order valence-corrected chi connectivity index (χ0v) is 18.7. The standard InChI is InChI=1S/C22H30N4O.2ClH/c1-27-20-6-3-2-5-19(20)21-24-15-18(16-25-21)17-26-13-4-7-22(10-14-26)8-11-23-12-9-22;;/h2-3,5-6,15-16,23H,4,7-14,17H2,1H3;2*1H. The molecule has 0 bridgehead atoms. The summed E-state index contributed by atoms with van der Waals surface area (Å²) in [4.78, 5) is 11.8. The fourth-order valence-corrected chi connectivity index (χ4v) is 4.59. The van der Waals surface area contributed by atoms with Gasteiger partial charge in [-0.25, -0.2) is 9.97 Å². The van der Waals surface area contributed by atoms with Gasteiger partial charge >= 0.3 is 0 Å². The molecule has 0 radical (unpaired) electrons. The molecule has 3 heterocycles. The normalized spacial score (nSPS) is 18.9. The number of piperidine rings is 1. The zero-order chi connectivity index (χ0) is 18.5. The first kappa shape index (κ1) is 23.9. The van der Waals surface area contributed by atoms with Gasteiger partial charge in [0.2, 0.25) is 0 Å². The Bertz CT molecular complexity index is 751. The van der Waals surface area contributed by atoms with Crippen LogP contribution in [0, 0.1) is 5.41 Å². The number of halogens is 2. The average molecular weight is 439 g/mol. The van der Waals surface area contributed by atoms with Gasteiger partial charge in [0.05, 0.1) is 12.7 Å². The minimum absolute atomic E-state index is 0. The van der Waals surface area contributed by atoms with Gasteiger partial charge < -0.3 is 10.1 Å². The van der Waals surface area contributed by atoms with Gasteiger partial charge in [-0.1, -0.05) is 12.1 Å². The second-order valence-electron chi connectivity index (χ2n) is 7.99. The lowest BCUT2D eigenvalue weighted by Crippen LogP contribution is -2.37. The molecule has 0 aliphatic carbocycles. The highest BCUT2D eigenvalue weighted by molar-refractivity contribution is 5.85. The van der Waals surface area contributed by atoms with Crippen LogP contribution in [0.15, 0.2) is 36.7 Å². The largest absolute Gasteiger partial charge is 0.496 e. The smallest absolute Gasteiger partial charge is 0.162 e. The van der Waals surface area contributed by atoms with E-state index in [-0.39, 0.29) is 24.8 Å². The van der Waals surface area contributed by atoms with Crippen molar-refractivity contribution in [1.82, 2.24) is 20.2 Å². The molecule has 7 heteroatoms. The summed E-state index contributed by atoms with van der Waals surface area (Å²) in [6.07, 6.45) is 10.7. The van der Waals surface area contributed by atoms with Crippen LogP contribution in [0.4, 0.5) is 0 Å². The molecule has 4 rings (SSSR count). The molecule has 2 saturated heterocycles. The molecular formula is C22H32Cl2N4O. The summed E-state index contributed by atoms with van der Waals surface area (Å²) < 4.78 is 5.43. The predicted molar refractivity (Wildman–Crippen MR) is 122 cm³/mol. The van der Waals surface area contributed by atoms with E-state index in [0.29, 0.717) is 5.41 Å². The average Bonchev–Trinajstić information content (AvgIpc) is 2.91. The van der Waals surface area contributed by atoms with Gasteiger partial charge in [0, 0.05) is 24.5 Å². The Morgan fingerprint density at radius 2 is 1.72 bits per heavy atom. The molecular weight excluding hydrogens is 407 g/mol. The first-order chi connectivity index (χ1) is 13.3. The first-order valence-electron chi connectivity index (χ1n) is 10.2. The van der Waals surface area contributed by atoms with Gasteiger partial charge in [-0.2, -0.15) is 0 Å². The molecule has 1 aromatic heterocycles. The predicted octanol–water partition coefficient (Wildman–Crippen LogP) is 4.35.